The summed E-state index contributed by atoms with van der Waals surface area (Å²) in [5.41, 5.74) is 0.864. The van der Waals surface area contributed by atoms with Crippen molar-refractivity contribution >= 4 is 48.9 Å². The Bertz CT molecular complexity index is 1490. The molecule has 1 N–H and O–H groups in total. The number of anilines is 1. The van der Waals surface area contributed by atoms with E-state index in [0.29, 0.717) is 26.7 Å². The van der Waals surface area contributed by atoms with E-state index in [0.717, 1.165) is 11.3 Å². The topological polar surface area (TPSA) is 86.6 Å². The van der Waals surface area contributed by atoms with Gasteiger partial charge in [-0.2, -0.15) is 0 Å². The van der Waals surface area contributed by atoms with Crippen molar-refractivity contribution in [1.82, 2.24) is 4.57 Å². The zero-order chi connectivity index (χ0) is 23.8. The van der Waals surface area contributed by atoms with Gasteiger partial charge in [-0.15, -0.1) is 0 Å². The van der Waals surface area contributed by atoms with Crippen molar-refractivity contribution in [3.8, 4) is 17.2 Å². The Morgan fingerprint density at radius 1 is 1.00 bits per heavy atom. The van der Waals surface area contributed by atoms with Crippen molar-refractivity contribution in [1.29, 1.82) is 0 Å². The van der Waals surface area contributed by atoms with E-state index in [2.05, 4.69) is 4.72 Å². The quantitative estimate of drug-likeness (QED) is 0.338. The summed E-state index contributed by atoms with van der Waals surface area (Å²) >= 11 is 7.14. The molecule has 172 valence electrons. The Labute approximate surface area is 200 Å². The number of hydrogen-bond acceptors (Lipinski definition) is 6. The molecule has 0 aliphatic carbocycles. The fourth-order valence-electron chi connectivity index (χ4n) is 3.37. The molecule has 1 heterocycles. The van der Waals surface area contributed by atoms with Gasteiger partial charge in [-0.3, -0.25) is 14.1 Å². The average Bonchev–Trinajstić information content (AvgIpc) is 3.10. The Kier molecular flexibility index (Phi) is 6.38. The number of thiazole rings is 1. The molecule has 3 aromatic carbocycles. The normalized spacial score (nSPS) is 11.7. The average molecular weight is 505 g/mol. The number of hydrogen-bond donors (Lipinski definition) is 1. The second kappa shape index (κ2) is 9.09. The SMILES string of the molecule is COc1ccccc1Oc1ccc(Cl)cc1NS(=O)(=O)c1ccc2c(c1)sc(=O)n2C(C)C. The molecule has 10 heteroatoms. The van der Waals surface area contributed by atoms with Crippen molar-refractivity contribution in [2.45, 2.75) is 24.8 Å². The first-order valence-corrected chi connectivity index (χ1v) is 12.7. The van der Waals surface area contributed by atoms with Gasteiger partial charge >= 0.3 is 4.87 Å². The van der Waals surface area contributed by atoms with Gasteiger partial charge < -0.3 is 9.47 Å². The molecule has 0 radical (unpaired) electrons. The Balaban J connectivity index is 1.71. The maximum Gasteiger partial charge on any atom is 0.308 e. The van der Waals surface area contributed by atoms with Gasteiger partial charge in [0, 0.05) is 11.1 Å². The predicted molar refractivity (Wildman–Crippen MR) is 132 cm³/mol. The fraction of sp³-hybridized carbons (Fsp3) is 0.174. The van der Waals surface area contributed by atoms with E-state index in [1.54, 1.807) is 47.0 Å². The van der Waals surface area contributed by atoms with Gasteiger partial charge in [-0.25, -0.2) is 8.42 Å². The molecule has 0 saturated carbocycles. The number of para-hydroxylation sites is 2. The zero-order valence-electron chi connectivity index (χ0n) is 18.0. The third-order valence-electron chi connectivity index (χ3n) is 4.89. The molecule has 33 heavy (non-hydrogen) atoms. The number of aromatic nitrogens is 1. The molecular formula is C23H21ClN2O5S2. The molecule has 4 rings (SSSR count). The van der Waals surface area contributed by atoms with Crippen LogP contribution >= 0.6 is 22.9 Å². The summed E-state index contributed by atoms with van der Waals surface area (Å²) in [6.45, 7) is 3.81. The molecule has 0 spiro atoms. The molecule has 0 bridgehead atoms. The van der Waals surface area contributed by atoms with Gasteiger partial charge in [0.1, 0.15) is 0 Å². The van der Waals surface area contributed by atoms with Crippen LogP contribution in [0.3, 0.4) is 0 Å². The molecule has 0 fully saturated rings. The standard InChI is InChI=1S/C23H21ClN2O5S2/c1-14(2)26-18-10-9-16(13-22(18)32-23(26)27)33(28,29)25-17-12-15(24)8-11-19(17)31-21-7-5-4-6-20(21)30-3/h4-14,25H,1-3H3. The lowest BCUT2D eigenvalue weighted by Gasteiger charge is -2.15. The smallest absolute Gasteiger partial charge is 0.308 e. The minimum absolute atomic E-state index is 0.0235. The Hall–Kier alpha value is -3.01. The summed E-state index contributed by atoms with van der Waals surface area (Å²) in [6.07, 6.45) is 0. The summed E-state index contributed by atoms with van der Waals surface area (Å²) in [4.78, 5) is 12.2. The van der Waals surface area contributed by atoms with Crippen LogP contribution in [-0.2, 0) is 10.0 Å². The largest absolute Gasteiger partial charge is 0.493 e. The lowest BCUT2D eigenvalue weighted by Crippen LogP contribution is -2.15. The minimum atomic E-state index is -4.00. The van der Waals surface area contributed by atoms with Crippen LogP contribution < -0.4 is 19.1 Å². The van der Waals surface area contributed by atoms with Gasteiger partial charge in [0.25, 0.3) is 10.0 Å². The van der Waals surface area contributed by atoms with Gasteiger partial charge in [0.2, 0.25) is 0 Å². The van der Waals surface area contributed by atoms with Gasteiger partial charge in [0.15, 0.2) is 17.2 Å². The van der Waals surface area contributed by atoms with Crippen LogP contribution in [0, 0.1) is 0 Å². The number of nitrogens with one attached hydrogen (secondary N) is 1. The molecule has 0 aliphatic heterocycles. The van der Waals surface area contributed by atoms with Crippen molar-refractivity contribution < 1.29 is 17.9 Å². The third kappa shape index (κ3) is 4.71. The van der Waals surface area contributed by atoms with Crippen LogP contribution in [0.25, 0.3) is 10.2 Å². The van der Waals surface area contributed by atoms with Gasteiger partial charge in [-0.05, 0) is 62.4 Å². The third-order valence-corrected chi connectivity index (χ3v) is 7.40. The molecule has 0 aliphatic rings. The highest BCUT2D eigenvalue weighted by Crippen LogP contribution is 2.37. The van der Waals surface area contributed by atoms with Crippen LogP contribution in [0.15, 0.2) is 70.4 Å². The van der Waals surface area contributed by atoms with Crippen molar-refractivity contribution in [2.24, 2.45) is 0 Å². The highest BCUT2D eigenvalue weighted by atomic mass is 35.5. The molecule has 0 amide bonds. The molecule has 4 aromatic rings. The Morgan fingerprint density at radius 3 is 2.42 bits per heavy atom. The summed E-state index contributed by atoms with van der Waals surface area (Å²) in [5, 5.41) is 0.336. The van der Waals surface area contributed by atoms with E-state index >= 15 is 0 Å². The highest BCUT2D eigenvalue weighted by Gasteiger charge is 2.20. The number of ether oxygens (including phenoxy) is 2. The van der Waals surface area contributed by atoms with Crippen molar-refractivity contribution in [3.63, 3.8) is 0 Å². The number of sulfonamides is 1. The van der Waals surface area contributed by atoms with Gasteiger partial charge in [-0.1, -0.05) is 35.1 Å². The van der Waals surface area contributed by atoms with E-state index in [9.17, 15) is 13.2 Å². The number of benzene rings is 3. The maximum absolute atomic E-state index is 13.2. The van der Waals surface area contributed by atoms with Crippen LogP contribution in [0.5, 0.6) is 17.2 Å². The summed E-state index contributed by atoms with van der Waals surface area (Å²) in [6, 6.07) is 16.2. The number of methoxy groups -OCH3 is 1. The second-order valence-corrected chi connectivity index (χ2v) is 10.6. The molecule has 1 aromatic heterocycles. The lowest BCUT2D eigenvalue weighted by atomic mass is 10.3. The van der Waals surface area contributed by atoms with Crippen LogP contribution in [0.4, 0.5) is 5.69 Å². The maximum atomic E-state index is 13.2. The summed E-state index contributed by atoms with van der Waals surface area (Å²) in [7, 11) is -2.48. The fourth-order valence-corrected chi connectivity index (χ4v) is 5.76. The van der Waals surface area contributed by atoms with E-state index in [4.69, 9.17) is 21.1 Å². The number of halogens is 1. The van der Waals surface area contributed by atoms with E-state index in [1.807, 2.05) is 13.8 Å². The summed E-state index contributed by atoms with van der Waals surface area (Å²) in [5.74, 6) is 1.17. The number of fused-ring (bicyclic) bond motifs is 1. The lowest BCUT2D eigenvalue weighted by molar-refractivity contribution is 0.379. The number of nitrogens with zero attached hydrogens (tertiary/aromatic N) is 1. The van der Waals surface area contributed by atoms with Gasteiger partial charge in [0.05, 0.1) is 27.9 Å². The van der Waals surface area contributed by atoms with Crippen molar-refractivity contribution in [2.75, 3.05) is 11.8 Å². The molecule has 7 nitrogen and oxygen atoms in total. The minimum Gasteiger partial charge on any atom is -0.493 e. The molecular weight excluding hydrogens is 484 g/mol. The van der Waals surface area contributed by atoms with Crippen LogP contribution in [-0.4, -0.2) is 20.1 Å². The van der Waals surface area contributed by atoms with E-state index in [-0.39, 0.29) is 27.2 Å². The highest BCUT2D eigenvalue weighted by molar-refractivity contribution is 7.92. The molecule has 0 atom stereocenters. The van der Waals surface area contributed by atoms with Crippen LogP contribution in [0.1, 0.15) is 19.9 Å². The van der Waals surface area contributed by atoms with Crippen LogP contribution in [0.2, 0.25) is 5.02 Å². The van der Waals surface area contributed by atoms with E-state index < -0.39 is 10.0 Å². The predicted octanol–water partition coefficient (Wildman–Crippen LogP) is 5.90. The first-order valence-electron chi connectivity index (χ1n) is 9.98. The molecule has 0 unspecified atom stereocenters. The van der Waals surface area contributed by atoms with E-state index in [1.165, 1.54) is 25.3 Å². The zero-order valence-corrected chi connectivity index (χ0v) is 20.4. The monoisotopic (exact) mass is 504 g/mol. The first-order chi connectivity index (χ1) is 15.7. The Morgan fingerprint density at radius 2 is 1.73 bits per heavy atom. The summed E-state index contributed by atoms with van der Waals surface area (Å²) < 4.78 is 42.4. The molecule has 0 saturated heterocycles. The van der Waals surface area contributed by atoms with Crippen molar-refractivity contribution in [3.05, 3.63) is 75.4 Å². The number of rotatable bonds is 7. The second-order valence-electron chi connectivity index (χ2n) is 7.46. The first kappa shape index (κ1) is 23.2.